The number of hydrogen-bond donors (Lipinski definition) is 1. The molecular weight excluding hydrogens is 326 g/mol. The lowest BCUT2D eigenvalue weighted by Gasteiger charge is -2.20. The predicted octanol–water partition coefficient (Wildman–Crippen LogP) is 2.03. The second kappa shape index (κ2) is 7.02. The van der Waals surface area contributed by atoms with Crippen molar-refractivity contribution in [2.24, 2.45) is 0 Å². The Kier molecular flexibility index (Phi) is 5.26. The van der Waals surface area contributed by atoms with Gasteiger partial charge in [-0.1, -0.05) is 23.8 Å². The molecule has 24 heavy (non-hydrogen) atoms. The molecule has 0 unspecified atom stereocenters. The van der Waals surface area contributed by atoms with Crippen LogP contribution in [0.15, 0.2) is 53.4 Å². The van der Waals surface area contributed by atoms with Crippen LogP contribution in [0.4, 0.5) is 5.69 Å². The number of hydrogen-bond acceptors (Lipinski definition) is 4. The first-order valence-corrected chi connectivity index (χ1v) is 8.80. The summed E-state index contributed by atoms with van der Waals surface area (Å²) < 4.78 is 26.8. The minimum atomic E-state index is -3.75. The van der Waals surface area contributed by atoms with Crippen molar-refractivity contribution in [3.8, 4) is 0 Å². The molecule has 1 amide bonds. The van der Waals surface area contributed by atoms with Crippen LogP contribution in [-0.4, -0.2) is 40.5 Å². The number of aryl methyl sites for hydroxylation is 1. The lowest BCUT2D eigenvalue weighted by molar-refractivity contribution is 0.0856. The fourth-order valence-electron chi connectivity index (χ4n) is 2.12. The van der Waals surface area contributed by atoms with Gasteiger partial charge in [0, 0.05) is 26.7 Å². The smallest absolute Gasteiger partial charge is 0.265 e. The van der Waals surface area contributed by atoms with Crippen LogP contribution in [0.2, 0.25) is 0 Å². The van der Waals surface area contributed by atoms with Gasteiger partial charge in [-0.2, -0.15) is 0 Å². The zero-order chi connectivity index (χ0) is 17.9. The first-order chi connectivity index (χ1) is 11.2. The fourth-order valence-corrected chi connectivity index (χ4v) is 3.36. The number of sulfonamides is 1. The molecule has 0 heterocycles. The second-order valence-corrected chi connectivity index (χ2v) is 7.64. The molecule has 6 nitrogen and oxygen atoms in total. The van der Waals surface area contributed by atoms with Crippen molar-refractivity contribution < 1.29 is 13.2 Å². The third-order valence-corrected chi connectivity index (χ3v) is 5.26. The molecule has 128 valence electrons. The van der Waals surface area contributed by atoms with E-state index in [-0.39, 0.29) is 16.4 Å². The van der Waals surface area contributed by atoms with Gasteiger partial charge in [-0.15, -0.1) is 0 Å². The normalized spacial score (nSPS) is 11.4. The molecule has 0 spiro atoms. The number of carbonyl (C=O) groups is 1. The quantitative estimate of drug-likeness (QED) is 0.840. The minimum Gasteiger partial charge on any atom is -0.285 e. The van der Waals surface area contributed by atoms with Crippen molar-refractivity contribution in [1.82, 2.24) is 10.4 Å². The third-order valence-electron chi connectivity index (χ3n) is 3.48. The van der Waals surface area contributed by atoms with E-state index in [4.69, 9.17) is 0 Å². The van der Waals surface area contributed by atoms with E-state index in [1.807, 2.05) is 19.1 Å². The Labute approximate surface area is 142 Å². The average Bonchev–Trinajstić information content (AvgIpc) is 2.54. The lowest BCUT2D eigenvalue weighted by Crippen LogP contribution is -2.36. The van der Waals surface area contributed by atoms with Crippen molar-refractivity contribution in [2.45, 2.75) is 11.8 Å². The van der Waals surface area contributed by atoms with E-state index >= 15 is 0 Å². The number of benzene rings is 2. The van der Waals surface area contributed by atoms with Gasteiger partial charge in [0.05, 0.1) is 10.6 Å². The van der Waals surface area contributed by atoms with Crippen molar-refractivity contribution in [3.05, 3.63) is 59.7 Å². The zero-order valence-corrected chi connectivity index (χ0v) is 15.0. The van der Waals surface area contributed by atoms with E-state index in [0.717, 1.165) is 5.56 Å². The monoisotopic (exact) mass is 347 g/mol. The summed E-state index contributed by atoms with van der Waals surface area (Å²) in [7, 11) is 1.11. The summed E-state index contributed by atoms with van der Waals surface area (Å²) in [4.78, 5) is 12.1. The van der Waals surface area contributed by atoms with Crippen LogP contribution >= 0.6 is 0 Å². The van der Waals surface area contributed by atoms with Gasteiger partial charge < -0.3 is 0 Å². The predicted molar refractivity (Wildman–Crippen MR) is 94.4 cm³/mol. The van der Waals surface area contributed by atoms with E-state index < -0.39 is 10.0 Å². The van der Waals surface area contributed by atoms with E-state index in [9.17, 15) is 13.2 Å². The van der Waals surface area contributed by atoms with Gasteiger partial charge in [-0.05, 0) is 37.3 Å². The largest absolute Gasteiger partial charge is 0.285 e. The third kappa shape index (κ3) is 3.93. The number of hydrazine groups is 1. The van der Waals surface area contributed by atoms with Crippen LogP contribution in [0, 0.1) is 6.92 Å². The molecule has 2 aromatic rings. The summed E-state index contributed by atoms with van der Waals surface area (Å²) in [5, 5.41) is 1.50. The number of nitrogens with zero attached hydrogens (tertiary/aromatic N) is 2. The molecule has 0 aliphatic rings. The molecule has 0 bridgehead atoms. The Morgan fingerprint density at radius 3 is 2.21 bits per heavy atom. The Balaban J connectivity index is 2.35. The highest BCUT2D eigenvalue weighted by atomic mass is 32.2. The molecule has 0 atom stereocenters. The molecule has 0 aliphatic heterocycles. The molecule has 2 aromatic carbocycles. The van der Waals surface area contributed by atoms with Crippen LogP contribution in [0.5, 0.6) is 0 Å². The number of nitrogens with one attached hydrogen (secondary N) is 1. The van der Waals surface area contributed by atoms with Gasteiger partial charge in [0.2, 0.25) is 0 Å². The van der Waals surface area contributed by atoms with E-state index in [1.165, 1.54) is 28.5 Å². The molecule has 0 saturated heterocycles. The van der Waals surface area contributed by atoms with Crippen LogP contribution in [-0.2, 0) is 10.0 Å². The summed E-state index contributed by atoms with van der Waals surface area (Å²) in [6.45, 7) is 1.94. The SMILES string of the molecule is Cc1ccc(N(C)S(=O)(=O)c2cccc(C(=O)NN(C)C)c2)cc1. The summed E-state index contributed by atoms with van der Waals surface area (Å²) in [6, 6.07) is 13.2. The molecule has 1 N–H and O–H groups in total. The number of carbonyl (C=O) groups excluding carboxylic acids is 1. The maximum atomic E-state index is 12.8. The summed E-state index contributed by atoms with van der Waals surface area (Å²) in [5.41, 5.74) is 4.48. The Morgan fingerprint density at radius 1 is 1.00 bits per heavy atom. The first kappa shape index (κ1) is 18.0. The van der Waals surface area contributed by atoms with Crippen molar-refractivity contribution in [2.75, 3.05) is 25.4 Å². The van der Waals surface area contributed by atoms with Crippen LogP contribution in [0.3, 0.4) is 0 Å². The van der Waals surface area contributed by atoms with E-state index in [0.29, 0.717) is 5.69 Å². The standard InChI is InChI=1S/C17H21N3O3S/c1-13-8-10-15(11-9-13)20(4)24(22,23)16-7-5-6-14(12-16)17(21)18-19(2)3/h5-12H,1-4H3,(H,18,21). The van der Waals surface area contributed by atoms with Gasteiger partial charge in [-0.3, -0.25) is 14.5 Å². The minimum absolute atomic E-state index is 0.0666. The van der Waals surface area contributed by atoms with Gasteiger partial charge in [0.25, 0.3) is 15.9 Å². The molecule has 0 saturated carbocycles. The van der Waals surface area contributed by atoms with E-state index in [1.54, 1.807) is 38.4 Å². The first-order valence-electron chi connectivity index (χ1n) is 7.36. The number of anilines is 1. The molecule has 7 heteroatoms. The maximum absolute atomic E-state index is 12.8. The molecule has 0 aliphatic carbocycles. The summed E-state index contributed by atoms with van der Waals surface area (Å²) >= 11 is 0. The van der Waals surface area contributed by atoms with Crippen LogP contribution in [0.1, 0.15) is 15.9 Å². The Bertz CT molecular complexity index is 830. The topological polar surface area (TPSA) is 69.7 Å². The van der Waals surface area contributed by atoms with E-state index in [2.05, 4.69) is 5.43 Å². The highest BCUT2D eigenvalue weighted by Crippen LogP contribution is 2.23. The van der Waals surface area contributed by atoms with Crippen molar-refractivity contribution in [3.63, 3.8) is 0 Å². The van der Waals surface area contributed by atoms with Gasteiger partial charge >= 0.3 is 0 Å². The fraction of sp³-hybridized carbons (Fsp3) is 0.235. The highest BCUT2D eigenvalue weighted by Gasteiger charge is 2.22. The van der Waals surface area contributed by atoms with Crippen LogP contribution in [0.25, 0.3) is 0 Å². The van der Waals surface area contributed by atoms with Gasteiger partial charge in [-0.25, -0.2) is 13.4 Å². The van der Waals surface area contributed by atoms with Crippen LogP contribution < -0.4 is 9.73 Å². The maximum Gasteiger partial charge on any atom is 0.265 e. The Morgan fingerprint density at radius 2 is 1.62 bits per heavy atom. The van der Waals surface area contributed by atoms with Crippen molar-refractivity contribution >= 4 is 21.6 Å². The molecule has 0 fully saturated rings. The molecule has 2 rings (SSSR count). The van der Waals surface area contributed by atoms with Gasteiger partial charge in [0.1, 0.15) is 0 Å². The molecule has 0 aromatic heterocycles. The number of amides is 1. The highest BCUT2D eigenvalue weighted by molar-refractivity contribution is 7.92. The number of rotatable bonds is 5. The zero-order valence-electron chi connectivity index (χ0n) is 14.1. The second-order valence-electron chi connectivity index (χ2n) is 5.67. The average molecular weight is 347 g/mol. The lowest BCUT2D eigenvalue weighted by atomic mass is 10.2. The molecular formula is C17H21N3O3S. The van der Waals surface area contributed by atoms with Crippen molar-refractivity contribution in [1.29, 1.82) is 0 Å². The molecule has 0 radical (unpaired) electrons. The van der Waals surface area contributed by atoms with Gasteiger partial charge in [0.15, 0.2) is 0 Å². The summed E-state index contributed by atoms with van der Waals surface area (Å²) in [6.07, 6.45) is 0. The Hall–Kier alpha value is -2.38. The summed E-state index contributed by atoms with van der Waals surface area (Å²) in [5.74, 6) is -0.366.